The summed E-state index contributed by atoms with van der Waals surface area (Å²) in [6.45, 7) is 0. The summed E-state index contributed by atoms with van der Waals surface area (Å²) in [6, 6.07) is 3.89. The van der Waals surface area contributed by atoms with Crippen LogP contribution in [0.4, 0.5) is 10.1 Å². The van der Waals surface area contributed by atoms with E-state index in [1.54, 1.807) is 6.07 Å². The smallest absolute Gasteiger partial charge is 0.310 e. The molecule has 0 aliphatic carbocycles. The molecule has 1 aromatic carbocycles. The molecular formula is C10H9FN2O2. The quantitative estimate of drug-likeness (QED) is 0.581. The Morgan fingerprint density at radius 1 is 1.67 bits per heavy atom. The van der Waals surface area contributed by atoms with Gasteiger partial charge >= 0.3 is 5.97 Å². The van der Waals surface area contributed by atoms with Crippen LogP contribution in [-0.4, -0.2) is 13.1 Å². The average molecular weight is 208 g/mol. The van der Waals surface area contributed by atoms with E-state index < -0.39 is 11.8 Å². The van der Waals surface area contributed by atoms with Gasteiger partial charge in [0.15, 0.2) is 0 Å². The van der Waals surface area contributed by atoms with E-state index in [4.69, 9.17) is 11.0 Å². The molecule has 0 saturated carbocycles. The van der Waals surface area contributed by atoms with Crippen molar-refractivity contribution < 1.29 is 13.9 Å². The van der Waals surface area contributed by atoms with Crippen molar-refractivity contribution in [3.05, 3.63) is 29.1 Å². The van der Waals surface area contributed by atoms with Gasteiger partial charge in [-0.05, 0) is 17.7 Å². The number of methoxy groups -OCH3 is 1. The number of rotatable bonds is 2. The summed E-state index contributed by atoms with van der Waals surface area (Å²) in [6.07, 6.45) is -0.144. The van der Waals surface area contributed by atoms with E-state index in [1.807, 2.05) is 0 Å². The molecule has 0 spiro atoms. The molecule has 4 nitrogen and oxygen atoms in total. The number of esters is 1. The Bertz CT molecular complexity index is 438. The highest BCUT2D eigenvalue weighted by atomic mass is 19.1. The van der Waals surface area contributed by atoms with Crippen molar-refractivity contribution in [1.29, 1.82) is 5.26 Å². The van der Waals surface area contributed by atoms with Gasteiger partial charge in [0, 0.05) is 0 Å². The number of anilines is 1. The van der Waals surface area contributed by atoms with Gasteiger partial charge in [-0.1, -0.05) is 0 Å². The van der Waals surface area contributed by atoms with Crippen molar-refractivity contribution in [2.75, 3.05) is 12.8 Å². The normalized spacial score (nSPS) is 9.40. The molecule has 5 heteroatoms. The summed E-state index contributed by atoms with van der Waals surface area (Å²) >= 11 is 0. The third-order valence-corrected chi connectivity index (χ3v) is 1.91. The molecule has 0 aliphatic heterocycles. The van der Waals surface area contributed by atoms with Gasteiger partial charge in [-0.25, -0.2) is 4.39 Å². The highest BCUT2D eigenvalue weighted by molar-refractivity contribution is 5.76. The first-order valence-electron chi connectivity index (χ1n) is 4.13. The van der Waals surface area contributed by atoms with Crippen LogP contribution in [0.3, 0.4) is 0 Å². The second-order valence-electron chi connectivity index (χ2n) is 2.89. The number of carbonyl (C=O) groups excluding carboxylic acids is 1. The maximum absolute atomic E-state index is 13.0. The Balaban J connectivity index is 3.13. The van der Waals surface area contributed by atoms with Gasteiger partial charge in [-0.3, -0.25) is 4.79 Å². The predicted molar refractivity (Wildman–Crippen MR) is 51.2 cm³/mol. The van der Waals surface area contributed by atoms with Gasteiger partial charge in [-0.15, -0.1) is 0 Å². The van der Waals surface area contributed by atoms with E-state index in [-0.39, 0.29) is 23.2 Å². The van der Waals surface area contributed by atoms with Crippen LogP contribution in [0, 0.1) is 17.1 Å². The zero-order chi connectivity index (χ0) is 11.4. The number of halogens is 1. The fourth-order valence-corrected chi connectivity index (χ4v) is 1.14. The van der Waals surface area contributed by atoms with E-state index in [9.17, 15) is 9.18 Å². The van der Waals surface area contributed by atoms with Crippen LogP contribution in [-0.2, 0) is 16.0 Å². The largest absolute Gasteiger partial charge is 0.469 e. The van der Waals surface area contributed by atoms with Crippen LogP contribution in [0.15, 0.2) is 12.1 Å². The number of carbonyl (C=O) groups is 1. The van der Waals surface area contributed by atoms with Crippen molar-refractivity contribution >= 4 is 11.7 Å². The van der Waals surface area contributed by atoms with E-state index in [2.05, 4.69) is 4.74 Å². The summed E-state index contributed by atoms with van der Waals surface area (Å²) in [7, 11) is 1.23. The third-order valence-electron chi connectivity index (χ3n) is 1.91. The standard InChI is InChI=1S/C10H9FN2O2/c1-15-9(14)4-6-2-8(11)3-7(5-12)10(6)13/h2-3H,4,13H2,1H3. The molecular weight excluding hydrogens is 199 g/mol. The lowest BCUT2D eigenvalue weighted by Gasteiger charge is -2.06. The number of nitrogen functional groups attached to an aromatic ring is 1. The van der Waals surface area contributed by atoms with Crippen LogP contribution in [0.1, 0.15) is 11.1 Å². The minimum absolute atomic E-state index is 0.0221. The molecule has 2 N–H and O–H groups in total. The van der Waals surface area contributed by atoms with Gasteiger partial charge in [0.25, 0.3) is 0 Å². The molecule has 0 heterocycles. The second-order valence-corrected chi connectivity index (χ2v) is 2.89. The zero-order valence-corrected chi connectivity index (χ0v) is 8.08. The predicted octanol–water partition coefficient (Wildman–Crippen LogP) is 0.995. The van der Waals surface area contributed by atoms with Crippen molar-refractivity contribution in [2.24, 2.45) is 0 Å². The molecule has 15 heavy (non-hydrogen) atoms. The van der Waals surface area contributed by atoms with E-state index >= 15 is 0 Å². The molecule has 1 rings (SSSR count). The summed E-state index contributed by atoms with van der Waals surface area (Å²) in [5.41, 5.74) is 5.97. The highest BCUT2D eigenvalue weighted by Crippen LogP contribution is 2.19. The minimum Gasteiger partial charge on any atom is -0.469 e. The van der Waals surface area contributed by atoms with Gasteiger partial charge in [0.05, 0.1) is 24.8 Å². The lowest BCUT2D eigenvalue weighted by molar-refractivity contribution is -0.139. The molecule has 1 aromatic rings. The monoisotopic (exact) mass is 208 g/mol. The molecule has 0 fully saturated rings. The Morgan fingerprint density at radius 3 is 2.87 bits per heavy atom. The van der Waals surface area contributed by atoms with Gasteiger partial charge in [0.1, 0.15) is 11.9 Å². The Kier molecular flexibility index (Phi) is 3.24. The minimum atomic E-state index is -0.598. The topological polar surface area (TPSA) is 76.1 Å². The van der Waals surface area contributed by atoms with Gasteiger partial charge in [0.2, 0.25) is 0 Å². The van der Waals surface area contributed by atoms with Crippen LogP contribution in [0.5, 0.6) is 0 Å². The SMILES string of the molecule is COC(=O)Cc1cc(F)cc(C#N)c1N. The Morgan fingerprint density at radius 2 is 2.33 bits per heavy atom. The fourth-order valence-electron chi connectivity index (χ4n) is 1.14. The number of nitriles is 1. The van der Waals surface area contributed by atoms with Gasteiger partial charge < -0.3 is 10.5 Å². The molecule has 0 radical (unpaired) electrons. The lowest BCUT2D eigenvalue weighted by atomic mass is 10.1. The highest BCUT2D eigenvalue weighted by Gasteiger charge is 2.11. The molecule has 0 aliphatic rings. The van der Waals surface area contributed by atoms with Crippen LogP contribution in [0.25, 0.3) is 0 Å². The maximum Gasteiger partial charge on any atom is 0.310 e. The number of hydrogen-bond acceptors (Lipinski definition) is 4. The molecule has 0 aromatic heterocycles. The number of benzene rings is 1. The second kappa shape index (κ2) is 4.42. The van der Waals surface area contributed by atoms with Crippen LogP contribution < -0.4 is 5.73 Å². The van der Waals surface area contributed by atoms with Gasteiger partial charge in [-0.2, -0.15) is 5.26 Å². The average Bonchev–Trinajstić information content (AvgIpc) is 2.22. The van der Waals surface area contributed by atoms with Crippen LogP contribution in [0.2, 0.25) is 0 Å². The fraction of sp³-hybridized carbons (Fsp3) is 0.200. The van der Waals surface area contributed by atoms with E-state index in [0.29, 0.717) is 0 Å². The van der Waals surface area contributed by atoms with Crippen molar-refractivity contribution in [2.45, 2.75) is 6.42 Å². The first kappa shape index (κ1) is 11.0. The first-order chi connectivity index (χ1) is 7.08. The van der Waals surface area contributed by atoms with Crippen LogP contribution >= 0.6 is 0 Å². The number of nitrogens with zero attached hydrogens (tertiary/aromatic N) is 1. The first-order valence-corrected chi connectivity index (χ1v) is 4.13. The molecule has 0 amide bonds. The number of nitrogens with two attached hydrogens (primary N) is 1. The zero-order valence-electron chi connectivity index (χ0n) is 8.08. The van der Waals surface area contributed by atoms with Crippen molar-refractivity contribution in [3.8, 4) is 6.07 Å². The van der Waals surface area contributed by atoms with E-state index in [1.165, 1.54) is 7.11 Å². The molecule has 0 atom stereocenters. The molecule has 0 saturated heterocycles. The summed E-state index contributed by atoms with van der Waals surface area (Å²) in [5, 5.41) is 8.65. The number of hydrogen-bond donors (Lipinski definition) is 1. The summed E-state index contributed by atoms with van der Waals surface area (Å²) in [4.78, 5) is 11.0. The Hall–Kier alpha value is -2.09. The summed E-state index contributed by atoms with van der Waals surface area (Å²) < 4.78 is 17.4. The third kappa shape index (κ3) is 2.44. The lowest BCUT2D eigenvalue weighted by Crippen LogP contribution is -2.08. The molecule has 0 bridgehead atoms. The molecule has 0 unspecified atom stereocenters. The number of ether oxygens (including phenoxy) is 1. The van der Waals surface area contributed by atoms with Crippen molar-refractivity contribution in [1.82, 2.24) is 0 Å². The van der Waals surface area contributed by atoms with E-state index in [0.717, 1.165) is 12.1 Å². The van der Waals surface area contributed by atoms with Crippen molar-refractivity contribution in [3.63, 3.8) is 0 Å². The Labute approximate surface area is 86.1 Å². The maximum atomic E-state index is 13.0. The molecule has 78 valence electrons. The summed E-state index contributed by atoms with van der Waals surface area (Å²) in [5.74, 6) is -1.13.